The van der Waals surface area contributed by atoms with Gasteiger partial charge < -0.3 is 0 Å². The molecule has 100 valence electrons. The van der Waals surface area contributed by atoms with E-state index in [1.54, 1.807) is 0 Å². The summed E-state index contributed by atoms with van der Waals surface area (Å²) >= 11 is 5.80. The summed E-state index contributed by atoms with van der Waals surface area (Å²) < 4.78 is 26.8. The van der Waals surface area contributed by atoms with Crippen molar-refractivity contribution in [3.63, 3.8) is 0 Å². The molecule has 1 aromatic rings. The summed E-state index contributed by atoms with van der Waals surface area (Å²) in [6, 6.07) is 4.09. The molecular formula is C14H18ClF2N. The van der Waals surface area contributed by atoms with Crippen molar-refractivity contribution in [2.24, 2.45) is 0 Å². The highest BCUT2D eigenvalue weighted by atomic mass is 35.5. The molecule has 0 atom stereocenters. The quantitative estimate of drug-likeness (QED) is 0.735. The fourth-order valence-corrected chi connectivity index (χ4v) is 2.87. The number of alkyl halides is 1. The molecule has 0 aliphatic heterocycles. The van der Waals surface area contributed by atoms with Gasteiger partial charge in [0.05, 0.1) is 0 Å². The van der Waals surface area contributed by atoms with Crippen molar-refractivity contribution in [1.82, 2.24) is 4.90 Å². The van der Waals surface area contributed by atoms with Gasteiger partial charge in [0, 0.05) is 30.6 Å². The molecule has 0 saturated heterocycles. The maximum atomic E-state index is 13.6. The molecule has 0 N–H and O–H groups in total. The minimum absolute atomic E-state index is 0.339. The van der Waals surface area contributed by atoms with Crippen LogP contribution in [0.5, 0.6) is 0 Å². The second kappa shape index (κ2) is 6.48. The van der Waals surface area contributed by atoms with Gasteiger partial charge in [0.1, 0.15) is 11.6 Å². The van der Waals surface area contributed by atoms with Gasteiger partial charge in [0.15, 0.2) is 0 Å². The van der Waals surface area contributed by atoms with Gasteiger partial charge in [-0.25, -0.2) is 8.78 Å². The van der Waals surface area contributed by atoms with E-state index in [0.717, 1.165) is 25.5 Å². The first-order chi connectivity index (χ1) is 8.70. The molecule has 18 heavy (non-hydrogen) atoms. The summed E-state index contributed by atoms with van der Waals surface area (Å²) in [6.07, 6.45) is 4.70. The van der Waals surface area contributed by atoms with Crippen LogP contribution in [0.4, 0.5) is 8.78 Å². The van der Waals surface area contributed by atoms with Gasteiger partial charge in [-0.1, -0.05) is 12.8 Å². The Balaban J connectivity index is 2.09. The van der Waals surface area contributed by atoms with E-state index in [1.807, 2.05) is 0 Å². The van der Waals surface area contributed by atoms with E-state index in [2.05, 4.69) is 4.90 Å². The van der Waals surface area contributed by atoms with Gasteiger partial charge in [0.2, 0.25) is 0 Å². The Kier molecular flexibility index (Phi) is 4.95. The second-order valence-corrected chi connectivity index (χ2v) is 5.21. The zero-order chi connectivity index (χ0) is 13.0. The topological polar surface area (TPSA) is 3.24 Å². The molecule has 0 spiro atoms. The predicted molar refractivity (Wildman–Crippen MR) is 69.7 cm³/mol. The van der Waals surface area contributed by atoms with Gasteiger partial charge in [-0.05, 0) is 31.0 Å². The Morgan fingerprint density at radius 1 is 1.22 bits per heavy atom. The third-order valence-electron chi connectivity index (χ3n) is 3.59. The molecule has 2 rings (SSSR count). The molecule has 1 fully saturated rings. The summed E-state index contributed by atoms with van der Waals surface area (Å²) in [4.78, 5) is 2.18. The lowest BCUT2D eigenvalue weighted by Gasteiger charge is -2.28. The van der Waals surface area contributed by atoms with E-state index < -0.39 is 0 Å². The average molecular weight is 274 g/mol. The number of hydrogen-bond donors (Lipinski definition) is 0. The Morgan fingerprint density at radius 3 is 2.61 bits per heavy atom. The van der Waals surface area contributed by atoms with E-state index >= 15 is 0 Å². The van der Waals surface area contributed by atoms with Crippen LogP contribution >= 0.6 is 11.6 Å². The maximum Gasteiger partial charge on any atom is 0.127 e. The number of benzene rings is 1. The molecule has 4 heteroatoms. The molecule has 0 amide bonds. The molecule has 1 aliphatic carbocycles. The Morgan fingerprint density at radius 2 is 1.94 bits per heavy atom. The van der Waals surface area contributed by atoms with E-state index in [1.165, 1.54) is 25.0 Å². The number of rotatable bonds is 5. The summed E-state index contributed by atoms with van der Waals surface area (Å²) in [6.45, 7) is 1.17. The molecule has 1 saturated carbocycles. The zero-order valence-electron chi connectivity index (χ0n) is 10.3. The molecule has 0 radical (unpaired) electrons. The van der Waals surface area contributed by atoms with E-state index in [0.29, 0.717) is 24.0 Å². The van der Waals surface area contributed by atoms with Gasteiger partial charge >= 0.3 is 0 Å². The van der Waals surface area contributed by atoms with Crippen LogP contribution in [-0.2, 0) is 6.54 Å². The molecule has 0 unspecified atom stereocenters. The maximum absolute atomic E-state index is 13.6. The normalized spacial score (nSPS) is 16.7. The highest BCUT2D eigenvalue weighted by molar-refractivity contribution is 6.18. The first-order valence-corrected chi connectivity index (χ1v) is 6.98. The van der Waals surface area contributed by atoms with Gasteiger partial charge in [-0.3, -0.25) is 4.90 Å². The summed E-state index contributed by atoms with van der Waals surface area (Å²) in [5.41, 5.74) is 0.423. The SMILES string of the molecule is Fc1ccc(F)c(CN(CCCl)C2CCCC2)c1. The van der Waals surface area contributed by atoms with Gasteiger partial charge in [-0.15, -0.1) is 11.6 Å². The monoisotopic (exact) mass is 273 g/mol. The third-order valence-corrected chi connectivity index (χ3v) is 3.76. The van der Waals surface area contributed by atoms with Crippen LogP contribution in [0.2, 0.25) is 0 Å². The number of halogens is 3. The van der Waals surface area contributed by atoms with Crippen molar-refractivity contribution in [1.29, 1.82) is 0 Å². The summed E-state index contributed by atoms with van der Waals surface area (Å²) in [5.74, 6) is -0.203. The lowest BCUT2D eigenvalue weighted by atomic mass is 10.1. The lowest BCUT2D eigenvalue weighted by Crippen LogP contribution is -2.34. The van der Waals surface area contributed by atoms with Crippen molar-refractivity contribution >= 4 is 11.6 Å². The highest BCUT2D eigenvalue weighted by Crippen LogP contribution is 2.25. The molecule has 0 heterocycles. The molecule has 1 nitrogen and oxygen atoms in total. The van der Waals surface area contributed by atoms with Crippen molar-refractivity contribution < 1.29 is 8.78 Å². The Bertz CT molecular complexity index is 391. The second-order valence-electron chi connectivity index (χ2n) is 4.83. The fraction of sp³-hybridized carbons (Fsp3) is 0.571. The van der Waals surface area contributed by atoms with E-state index in [9.17, 15) is 8.78 Å². The number of hydrogen-bond acceptors (Lipinski definition) is 1. The van der Waals surface area contributed by atoms with Crippen LogP contribution < -0.4 is 0 Å². The minimum Gasteiger partial charge on any atom is -0.295 e. The van der Waals surface area contributed by atoms with Gasteiger partial charge in [0.25, 0.3) is 0 Å². The van der Waals surface area contributed by atoms with Gasteiger partial charge in [-0.2, -0.15) is 0 Å². The van der Waals surface area contributed by atoms with Crippen LogP contribution in [0.15, 0.2) is 18.2 Å². The van der Waals surface area contributed by atoms with E-state index in [4.69, 9.17) is 11.6 Å². The van der Waals surface area contributed by atoms with Crippen molar-refractivity contribution in [3.05, 3.63) is 35.4 Å². The smallest absolute Gasteiger partial charge is 0.127 e. The average Bonchev–Trinajstić information content (AvgIpc) is 2.87. The lowest BCUT2D eigenvalue weighted by molar-refractivity contribution is 0.199. The zero-order valence-corrected chi connectivity index (χ0v) is 11.1. The summed E-state index contributed by atoms with van der Waals surface area (Å²) in [7, 11) is 0. The van der Waals surface area contributed by atoms with Crippen LogP contribution in [0, 0.1) is 11.6 Å². The van der Waals surface area contributed by atoms with Crippen molar-refractivity contribution in [2.45, 2.75) is 38.3 Å². The Hall–Kier alpha value is -0.670. The highest BCUT2D eigenvalue weighted by Gasteiger charge is 2.23. The first-order valence-electron chi connectivity index (χ1n) is 6.44. The van der Waals surface area contributed by atoms with Crippen molar-refractivity contribution in [2.75, 3.05) is 12.4 Å². The predicted octanol–water partition coefficient (Wildman–Crippen LogP) is 3.95. The molecular weight excluding hydrogens is 256 g/mol. The molecule has 1 aromatic carbocycles. The first kappa shape index (κ1) is 13.8. The van der Waals surface area contributed by atoms with Crippen LogP contribution in [0.1, 0.15) is 31.2 Å². The summed E-state index contributed by atoms with van der Waals surface area (Å²) in [5, 5.41) is 0. The minimum atomic E-state index is -0.386. The molecule has 0 aromatic heterocycles. The number of nitrogens with zero attached hydrogens (tertiary/aromatic N) is 1. The van der Waals surface area contributed by atoms with Crippen LogP contribution in [0.25, 0.3) is 0 Å². The Labute approximate surface area is 112 Å². The van der Waals surface area contributed by atoms with Crippen LogP contribution in [0.3, 0.4) is 0 Å². The fourth-order valence-electron chi connectivity index (χ4n) is 2.65. The molecule has 1 aliphatic rings. The van der Waals surface area contributed by atoms with Crippen LogP contribution in [-0.4, -0.2) is 23.4 Å². The third kappa shape index (κ3) is 3.42. The van der Waals surface area contributed by atoms with Crippen molar-refractivity contribution in [3.8, 4) is 0 Å². The van der Waals surface area contributed by atoms with E-state index in [-0.39, 0.29) is 11.6 Å². The molecule has 0 bridgehead atoms. The largest absolute Gasteiger partial charge is 0.295 e. The standard InChI is InChI=1S/C14H18ClF2N/c15-7-8-18(13-3-1-2-4-13)10-11-9-12(16)5-6-14(11)17/h5-6,9,13H,1-4,7-8,10H2.